The molecule has 0 spiro atoms. The zero-order valence-electron chi connectivity index (χ0n) is 8.91. The highest BCUT2D eigenvalue weighted by atomic mass is 32.2. The maximum Gasteiger partial charge on any atom is 0.238 e. The van der Waals surface area contributed by atoms with Crippen LogP contribution in [0, 0.1) is 0 Å². The van der Waals surface area contributed by atoms with Gasteiger partial charge in [0.1, 0.15) is 0 Å². The van der Waals surface area contributed by atoms with Gasteiger partial charge < -0.3 is 0 Å². The van der Waals surface area contributed by atoms with Gasteiger partial charge in [-0.15, -0.1) is 0 Å². The Morgan fingerprint density at radius 3 is 1.88 bits per heavy atom. The standard InChI is InChI=1S/C12H11NO2S2/c13-17(14,15)12-8-6-11(7-9-12)16-10-4-2-1-3-5-10/h1-9H,(H2,13,14,15). The summed E-state index contributed by atoms with van der Waals surface area (Å²) in [7, 11) is -3.60. The highest BCUT2D eigenvalue weighted by Gasteiger charge is 2.06. The Kier molecular flexibility index (Phi) is 3.51. The molecule has 0 fully saturated rings. The highest BCUT2D eigenvalue weighted by molar-refractivity contribution is 7.99. The Labute approximate surface area is 105 Å². The molecule has 0 radical (unpaired) electrons. The van der Waals surface area contributed by atoms with Crippen molar-refractivity contribution in [2.45, 2.75) is 14.7 Å². The largest absolute Gasteiger partial charge is 0.238 e. The fraction of sp³-hybridized carbons (Fsp3) is 0. The van der Waals surface area contributed by atoms with Gasteiger partial charge in [-0.25, -0.2) is 13.6 Å². The maximum absolute atomic E-state index is 11.1. The van der Waals surface area contributed by atoms with E-state index in [4.69, 9.17) is 5.14 Å². The van der Waals surface area contributed by atoms with Gasteiger partial charge >= 0.3 is 0 Å². The minimum atomic E-state index is -3.60. The lowest BCUT2D eigenvalue weighted by molar-refractivity contribution is 0.597. The molecule has 0 saturated carbocycles. The molecule has 0 heterocycles. The summed E-state index contributed by atoms with van der Waals surface area (Å²) in [5.41, 5.74) is 0. The van der Waals surface area contributed by atoms with Crippen LogP contribution in [0.25, 0.3) is 0 Å². The first-order valence-corrected chi connectivity index (χ1v) is 7.28. The van der Waals surface area contributed by atoms with Gasteiger partial charge in [0.15, 0.2) is 0 Å². The van der Waals surface area contributed by atoms with Crippen molar-refractivity contribution in [3.8, 4) is 0 Å². The van der Waals surface area contributed by atoms with Gasteiger partial charge in [-0.1, -0.05) is 30.0 Å². The third-order valence-electron chi connectivity index (χ3n) is 2.13. The second kappa shape index (κ2) is 4.91. The van der Waals surface area contributed by atoms with Crippen LogP contribution in [0.2, 0.25) is 0 Å². The van der Waals surface area contributed by atoms with Crippen LogP contribution in [-0.2, 0) is 10.0 Å². The van der Waals surface area contributed by atoms with Gasteiger partial charge in [0.05, 0.1) is 4.90 Å². The van der Waals surface area contributed by atoms with Crippen molar-refractivity contribution in [2.75, 3.05) is 0 Å². The molecule has 0 unspecified atom stereocenters. The Bertz CT molecular complexity index is 592. The van der Waals surface area contributed by atoms with Crippen molar-refractivity contribution in [1.29, 1.82) is 0 Å². The van der Waals surface area contributed by atoms with E-state index in [9.17, 15) is 8.42 Å². The Hall–Kier alpha value is -1.30. The van der Waals surface area contributed by atoms with E-state index in [0.29, 0.717) is 0 Å². The highest BCUT2D eigenvalue weighted by Crippen LogP contribution is 2.27. The zero-order valence-corrected chi connectivity index (χ0v) is 10.5. The first-order valence-electron chi connectivity index (χ1n) is 4.91. The van der Waals surface area contributed by atoms with E-state index in [1.165, 1.54) is 12.1 Å². The molecule has 0 amide bonds. The molecule has 0 bridgehead atoms. The number of hydrogen-bond donors (Lipinski definition) is 1. The molecule has 2 aromatic carbocycles. The molecule has 0 aliphatic rings. The quantitative estimate of drug-likeness (QED) is 0.927. The van der Waals surface area contributed by atoms with Crippen LogP contribution in [-0.4, -0.2) is 8.42 Å². The van der Waals surface area contributed by atoms with Gasteiger partial charge in [-0.05, 0) is 36.4 Å². The molecule has 88 valence electrons. The van der Waals surface area contributed by atoms with Crippen LogP contribution in [0.4, 0.5) is 0 Å². The molecule has 2 rings (SSSR count). The molecule has 17 heavy (non-hydrogen) atoms. The average molecular weight is 265 g/mol. The second-order valence-corrected chi connectivity index (χ2v) is 6.14. The third kappa shape index (κ3) is 3.33. The topological polar surface area (TPSA) is 60.2 Å². The molecule has 5 heteroatoms. The molecule has 0 aliphatic carbocycles. The molecule has 0 atom stereocenters. The number of hydrogen-bond acceptors (Lipinski definition) is 3. The van der Waals surface area contributed by atoms with E-state index in [0.717, 1.165) is 9.79 Å². The Morgan fingerprint density at radius 2 is 1.35 bits per heavy atom. The average Bonchev–Trinajstić information content (AvgIpc) is 2.30. The molecule has 2 N–H and O–H groups in total. The summed E-state index contributed by atoms with van der Waals surface area (Å²) < 4.78 is 22.1. The number of nitrogens with two attached hydrogens (primary N) is 1. The minimum Gasteiger partial charge on any atom is -0.225 e. The maximum atomic E-state index is 11.1. The first-order chi connectivity index (χ1) is 8.05. The number of benzene rings is 2. The van der Waals surface area contributed by atoms with Gasteiger partial charge in [-0.3, -0.25) is 0 Å². The van der Waals surface area contributed by atoms with E-state index in [-0.39, 0.29) is 4.90 Å². The summed E-state index contributed by atoms with van der Waals surface area (Å²) in [5, 5.41) is 5.02. The van der Waals surface area contributed by atoms with Crippen molar-refractivity contribution in [2.24, 2.45) is 5.14 Å². The summed E-state index contributed by atoms with van der Waals surface area (Å²) in [6.07, 6.45) is 0. The van der Waals surface area contributed by atoms with E-state index in [1.807, 2.05) is 30.3 Å². The summed E-state index contributed by atoms with van der Waals surface area (Å²) in [6, 6.07) is 16.4. The lowest BCUT2D eigenvalue weighted by Gasteiger charge is -2.02. The van der Waals surface area contributed by atoms with Gasteiger partial charge in [0, 0.05) is 9.79 Å². The van der Waals surface area contributed by atoms with Crippen molar-refractivity contribution in [1.82, 2.24) is 0 Å². The predicted molar refractivity (Wildman–Crippen MR) is 68.4 cm³/mol. The summed E-state index contributed by atoms with van der Waals surface area (Å²) in [6.45, 7) is 0. The summed E-state index contributed by atoms with van der Waals surface area (Å²) in [4.78, 5) is 2.22. The Balaban J connectivity index is 2.20. The molecule has 2 aromatic rings. The lowest BCUT2D eigenvalue weighted by atomic mass is 10.4. The molecule has 0 aromatic heterocycles. The first kappa shape index (κ1) is 12.2. The summed E-state index contributed by atoms with van der Waals surface area (Å²) in [5.74, 6) is 0. The monoisotopic (exact) mass is 265 g/mol. The van der Waals surface area contributed by atoms with Crippen LogP contribution in [0.3, 0.4) is 0 Å². The van der Waals surface area contributed by atoms with Crippen molar-refractivity contribution in [3.63, 3.8) is 0 Å². The van der Waals surface area contributed by atoms with E-state index in [2.05, 4.69) is 0 Å². The SMILES string of the molecule is NS(=O)(=O)c1ccc(Sc2ccccc2)cc1. The van der Waals surface area contributed by atoms with E-state index in [1.54, 1.807) is 23.9 Å². The zero-order chi connectivity index (χ0) is 12.3. The molecule has 0 aliphatic heterocycles. The number of sulfonamides is 1. The minimum absolute atomic E-state index is 0.134. The van der Waals surface area contributed by atoms with Crippen molar-refractivity contribution in [3.05, 3.63) is 54.6 Å². The number of primary sulfonamides is 1. The van der Waals surface area contributed by atoms with E-state index >= 15 is 0 Å². The second-order valence-electron chi connectivity index (χ2n) is 3.43. The lowest BCUT2D eigenvalue weighted by Crippen LogP contribution is -2.11. The van der Waals surface area contributed by atoms with Crippen molar-refractivity contribution >= 4 is 21.8 Å². The molecular formula is C12H11NO2S2. The fourth-order valence-corrected chi connectivity index (χ4v) is 2.67. The van der Waals surface area contributed by atoms with Crippen LogP contribution >= 0.6 is 11.8 Å². The van der Waals surface area contributed by atoms with Crippen LogP contribution in [0.5, 0.6) is 0 Å². The predicted octanol–water partition coefficient (Wildman–Crippen LogP) is 2.49. The van der Waals surface area contributed by atoms with Gasteiger partial charge in [-0.2, -0.15) is 0 Å². The van der Waals surface area contributed by atoms with Crippen LogP contribution < -0.4 is 5.14 Å². The summed E-state index contributed by atoms with van der Waals surface area (Å²) >= 11 is 1.57. The molecular weight excluding hydrogens is 254 g/mol. The van der Waals surface area contributed by atoms with Gasteiger partial charge in [0.25, 0.3) is 0 Å². The number of rotatable bonds is 3. The smallest absolute Gasteiger partial charge is 0.225 e. The Morgan fingerprint density at radius 1 is 0.824 bits per heavy atom. The van der Waals surface area contributed by atoms with Crippen molar-refractivity contribution < 1.29 is 8.42 Å². The van der Waals surface area contributed by atoms with Crippen LogP contribution in [0.1, 0.15) is 0 Å². The molecule has 0 saturated heterocycles. The third-order valence-corrected chi connectivity index (χ3v) is 4.08. The van der Waals surface area contributed by atoms with Crippen LogP contribution in [0.15, 0.2) is 69.3 Å². The normalized spacial score (nSPS) is 11.4. The van der Waals surface area contributed by atoms with Gasteiger partial charge in [0.2, 0.25) is 10.0 Å². The van der Waals surface area contributed by atoms with E-state index < -0.39 is 10.0 Å². The molecule has 3 nitrogen and oxygen atoms in total. The fourth-order valence-electron chi connectivity index (χ4n) is 1.32.